The van der Waals surface area contributed by atoms with E-state index in [1.54, 1.807) is 12.1 Å². The van der Waals surface area contributed by atoms with E-state index in [0.717, 1.165) is 5.56 Å². The van der Waals surface area contributed by atoms with E-state index in [0.29, 0.717) is 30.8 Å². The van der Waals surface area contributed by atoms with E-state index < -0.39 is 21.3 Å². The van der Waals surface area contributed by atoms with Crippen LogP contribution in [0.25, 0.3) is 0 Å². The average molecular weight is 380 g/mol. The van der Waals surface area contributed by atoms with Crippen LogP contribution in [0, 0.1) is 5.41 Å². The maximum Gasteiger partial charge on any atom is 0.235 e. The van der Waals surface area contributed by atoms with Gasteiger partial charge in [0.25, 0.3) is 0 Å². The second-order valence-corrected chi connectivity index (χ2v) is 9.25. The van der Waals surface area contributed by atoms with Crippen LogP contribution in [0.4, 0.5) is 0 Å². The molecule has 1 atom stereocenters. The minimum Gasteiger partial charge on any atom is -0.454 e. The SMILES string of the molecule is O=C(NCc1ccc2c(c1)OCO2)C1(C(=O)NC2CCS(=O)(=O)C2)CC1. The molecule has 26 heavy (non-hydrogen) atoms. The Morgan fingerprint density at radius 2 is 1.92 bits per heavy atom. The second kappa shape index (κ2) is 6.15. The van der Waals surface area contributed by atoms with Gasteiger partial charge in [-0.2, -0.15) is 0 Å². The van der Waals surface area contributed by atoms with E-state index in [1.807, 2.05) is 6.07 Å². The van der Waals surface area contributed by atoms with Crippen LogP contribution in [0.2, 0.25) is 0 Å². The second-order valence-electron chi connectivity index (χ2n) is 7.03. The smallest absolute Gasteiger partial charge is 0.235 e. The third kappa shape index (κ3) is 3.23. The molecule has 140 valence electrons. The molecule has 0 aromatic heterocycles. The molecule has 0 radical (unpaired) electrons. The van der Waals surface area contributed by atoms with Gasteiger partial charge in [-0.1, -0.05) is 6.07 Å². The van der Waals surface area contributed by atoms with Crippen LogP contribution in [0.3, 0.4) is 0 Å². The summed E-state index contributed by atoms with van der Waals surface area (Å²) in [6.07, 6.45) is 1.36. The van der Waals surface area contributed by atoms with Gasteiger partial charge < -0.3 is 20.1 Å². The van der Waals surface area contributed by atoms with Gasteiger partial charge in [0, 0.05) is 12.6 Å². The Morgan fingerprint density at radius 3 is 2.62 bits per heavy atom. The summed E-state index contributed by atoms with van der Waals surface area (Å²) < 4.78 is 33.6. The topological polar surface area (TPSA) is 111 Å². The number of ether oxygens (including phenoxy) is 2. The van der Waals surface area contributed by atoms with Gasteiger partial charge in [0.15, 0.2) is 21.3 Å². The maximum absolute atomic E-state index is 12.5. The number of amides is 2. The van der Waals surface area contributed by atoms with Crippen molar-refractivity contribution in [2.24, 2.45) is 5.41 Å². The molecule has 3 aliphatic rings. The number of benzene rings is 1. The molecule has 2 fully saturated rings. The van der Waals surface area contributed by atoms with Crippen molar-refractivity contribution in [2.75, 3.05) is 18.3 Å². The zero-order valence-electron chi connectivity index (χ0n) is 14.1. The molecule has 9 heteroatoms. The molecule has 0 bridgehead atoms. The Balaban J connectivity index is 1.34. The van der Waals surface area contributed by atoms with Gasteiger partial charge >= 0.3 is 0 Å². The zero-order valence-corrected chi connectivity index (χ0v) is 14.9. The van der Waals surface area contributed by atoms with E-state index in [1.165, 1.54) is 0 Å². The van der Waals surface area contributed by atoms with E-state index in [-0.39, 0.29) is 36.7 Å². The normalized spacial score (nSPS) is 24.1. The van der Waals surface area contributed by atoms with Crippen molar-refractivity contribution in [1.29, 1.82) is 0 Å². The average Bonchev–Trinajstić information content (AvgIpc) is 3.17. The lowest BCUT2D eigenvalue weighted by Crippen LogP contribution is -2.46. The molecule has 4 rings (SSSR count). The summed E-state index contributed by atoms with van der Waals surface area (Å²) in [5.74, 6) is 0.647. The third-order valence-corrected chi connectivity index (χ3v) is 6.84. The number of rotatable bonds is 5. The number of nitrogens with one attached hydrogen (secondary N) is 2. The fourth-order valence-corrected chi connectivity index (χ4v) is 4.99. The summed E-state index contributed by atoms with van der Waals surface area (Å²) in [6.45, 7) is 0.466. The summed E-state index contributed by atoms with van der Waals surface area (Å²) in [7, 11) is -3.08. The standard InChI is InChI=1S/C17H20N2O6S/c20-15(18-8-11-1-2-13-14(7-11)25-10-24-13)17(4-5-17)16(21)19-12-3-6-26(22,23)9-12/h1-2,7,12H,3-6,8-10H2,(H,18,20)(H,19,21). The highest BCUT2D eigenvalue weighted by Gasteiger charge is 2.56. The lowest BCUT2D eigenvalue weighted by atomic mass is 10.0. The highest BCUT2D eigenvalue weighted by Crippen LogP contribution is 2.46. The number of fused-ring (bicyclic) bond motifs is 1. The maximum atomic E-state index is 12.5. The number of carbonyl (C=O) groups excluding carboxylic acids is 2. The van der Waals surface area contributed by atoms with Gasteiger partial charge in [-0.05, 0) is 37.0 Å². The molecule has 1 aromatic rings. The molecule has 2 amide bonds. The molecular formula is C17H20N2O6S. The largest absolute Gasteiger partial charge is 0.454 e. The van der Waals surface area contributed by atoms with Crippen molar-refractivity contribution >= 4 is 21.7 Å². The molecule has 8 nitrogen and oxygen atoms in total. The van der Waals surface area contributed by atoms with E-state index >= 15 is 0 Å². The van der Waals surface area contributed by atoms with Crippen LogP contribution in [0.15, 0.2) is 18.2 Å². The molecule has 1 aliphatic carbocycles. The van der Waals surface area contributed by atoms with Crippen molar-refractivity contribution in [2.45, 2.75) is 31.8 Å². The fraction of sp³-hybridized carbons (Fsp3) is 0.529. The Hall–Kier alpha value is -2.29. The van der Waals surface area contributed by atoms with Crippen LogP contribution < -0.4 is 20.1 Å². The van der Waals surface area contributed by atoms with Gasteiger partial charge in [-0.25, -0.2) is 8.42 Å². The predicted molar refractivity (Wildman–Crippen MR) is 91.3 cm³/mol. The molecule has 0 spiro atoms. The first kappa shape index (κ1) is 17.1. The molecule has 1 saturated heterocycles. The van der Waals surface area contributed by atoms with Crippen molar-refractivity contribution in [3.63, 3.8) is 0 Å². The summed E-state index contributed by atoms with van der Waals surface area (Å²) in [5, 5.41) is 5.54. The molecule has 1 saturated carbocycles. The van der Waals surface area contributed by atoms with Gasteiger partial charge in [0.2, 0.25) is 18.6 Å². The number of sulfone groups is 1. The first-order chi connectivity index (χ1) is 12.4. The lowest BCUT2D eigenvalue weighted by Gasteiger charge is -2.18. The van der Waals surface area contributed by atoms with Crippen LogP contribution in [0.1, 0.15) is 24.8 Å². The number of carbonyl (C=O) groups is 2. The Kier molecular flexibility index (Phi) is 4.06. The van der Waals surface area contributed by atoms with Gasteiger partial charge in [0.05, 0.1) is 11.5 Å². The van der Waals surface area contributed by atoms with E-state index in [9.17, 15) is 18.0 Å². The monoisotopic (exact) mass is 380 g/mol. The summed E-state index contributed by atoms with van der Waals surface area (Å²) in [5.41, 5.74) is -0.219. The first-order valence-electron chi connectivity index (χ1n) is 8.56. The van der Waals surface area contributed by atoms with Gasteiger partial charge in [-0.3, -0.25) is 9.59 Å². The minimum absolute atomic E-state index is 0.0480. The Labute approximate surface area is 151 Å². The van der Waals surface area contributed by atoms with Crippen LogP contribution in [0.5, 0.6) is 11.5 Å². The third-order valence-electron chi connectivity index (χ3n) is 5.08. The first-order valence-corrected chi connectivity index (χ1v) is 10.4. The summed E-state index contributed by atoms with van der Waals surface area (Å²) >= 11 is 0. The van der Waals surface area contributed by atoms with Crippen molar-refractivity contribution in [3.05, 3.63) is 23.8 Å². The Morgan fingerprint density at radius 1 is 1.15 bits per heavy atom. The van der Waals surface area contributed by atoms with E-state index in [2.05, 4.69) is 10.6 Å². The van der Waals surface area contributed by atoms with Crippen LogP contribution in [-0.2, 0) is 26.0 Å². The van der Waals surface area contributed by atoms with E-state index in [4.69, 9.17) is 9.47 Å². The van der Waals surface area contributed by atoms with Gasteiger partial charge in [0.1, 0.15) is 5.41 Å². The van der Waals surface area contributed by atoms with Crippen molar-refractivity contribution in [1.82, 2.24) is 10.6 Å². The molecule has 2 aliphatic heterocycles. The number of hydrogen-bond donors (Lipinski definition) is 2. The summed E-state index contributed by atoms with van der Waals surface area (Å²) in [4.78, 5) is 25.0. The highest BCUT2D eigenvalue weighted by atomic mass is 32.2. The van der Waals surface area contributed by atoms with Crippen LogP contribution >= 0.6 is 0 Å². The summed E-state index contributed by atoms with van der Waals surface area (Å²) in [6, 6.07) is 5.01. The minimum atomic E-state index is -3.08. The Bertz CT molecular complexity index is 862. The molecule has 1 aromatic carbocycles. The van der Waals surface area contributed by atoms with Crippen molar-refractivity contribution in [3.8, 4) is 11.5 Å². The van der Waals surface area contributed by atoms with Crippen LogP contribution in [-0.4, -0.2) is 44.6 Å². The quantitative estimate of drug-likeness (QED) is 0.702. The lowest BCUT2D eigenvalue weighted by molar-refractivity contribution is -0.137. The molecule has 2 heterocycles. The highest BCUT2D eigenvalue weighted by molar-refractivity contribution is 7.91. The van der Waals surface area contributed by atoms with Crippen molar-refractivity contribution < 1.29 is 27.5 Å². The number of hydrogen-bond acceptors (Lipinski definition) is 6. The predicted octanol–water partition coefficient (Wildman–Crippen LogP) is 0.115. The fourth-order valence-electron chi connectivity index (χ4n) is 3.32. The molecule has 1 unspecified atom stereocenters. The van der Waals surface area contributed by atoms with Gasteiger partial charge in [-0.15, -0.1) is 0 Å². The molecular weight excluding hydrogens is 360 g/mol. The zero-order chi connectivity index (χ0) is 18.4. The molecule has 2 N–H and O–H groups in total.